The molecule has 2 N–H and O–H groups in total. The Bertz CT molecular complexity index is 915. The second-order valence-electron chi connectivity index (χ2n) is 6.13. The molecule has 0 amide bonds. The maximum absolute atomic E-state index is 10.5. The lowest BCUT2D eigenvalue weighted by Gasteiger charge is -2.18. The van der Waals surface area contributed by atoms with Crippen LogP contribution in [-0.4, -0.2) is 11.7 Å². The summed E-state index contributed by atoms with van der Waals surface area (Å²) in [5.41, 5.74) is 3.37. The van der Waals surface area contributed by atoms with Crippen LogP contribution in [0, 0.1) is 0 Å². The fourth-order valence-electron chi connectivity index (χ4n) is 3.44. The third-order valence-electron chi connectivity index (χ3n) is 4.59. The Morgan fingerprint density at radius 2 is 1.79 bits per heavy atom. The molecule has 0 radical (unpaired) electrons. The van der Waals surface area contributed by atoms with Gasteiger partial charge in [-0.05, 0) is 53.1 Å². The van der Waals surface area contributed by atoms with Gasteiger partial charge in [0.15, 0.2) is 0 Å². The van der Waals surface area contributed by atoms with Gasteiger partial charge < -0.3 is 10.4 Å². The van der Waals surface area contributed by atoms with Gasteiger partial charge in [-0.25, -0.2) is 0 Å². The number of hydrogen-bond acceptors (Lipinski definition) is 2. The molecule has 1 aliphatic rings. The van der Waals surface area contributed by atoms with Gasteiger partial charge in [0, 0.05) is 10.6 Å². The molecular weight excluding hydrogens is 318 g/mol. The first kappa shape index (κ1) is 15.3. The van der Waals surface area contributed by atoms with Crippen LogP contribution in [0.1, 0.15) is 23.6 Å². The monoisotopic (exact) mass is 335 g/mol. The smallest absolute Gasteiger partial charge is 0.121 e. The van der Waals surface area contributed by atoms with Gasteiger partial charge in [0.25, 0.3) is 0 Å². The van der Waals surface area contributed by atoms with E-state index in [2.05, 4.69) is 23.5 Å². The zero-order valence-corrected chi connectivity index (χ0v) is 13.9. The van der Waals surface area contributed by atoms with Crippen molar-refractivity contribution in [3.8, 4) is 5.75 Å². The van der Waals surface area contributed by atoms with Gasteiger partial charge in [0.1, 0.15) is 5.75 Å². The van der Waals surface area contributed by atoms with E-state index in [0.29, 0.717) is 5.75 Å². The van der Waals surface area contributed by atoms with Crippen molar-refractivity contribution in [2.75, 3.05) is 6.54 Å². The number of aromatic hydroxyl groups is 1. The van der Waals surface area contributed by atoms with Crippen molar-refractivity contribution in [2.45, 2.75) is 12.5 Å². The van der Waals surface area contributed by atoms with E-state index in [1.54, 1.807) is 6.07 Å². The van der Waals surface area contributed by atoms with Crippen molar-refractivity contribution >= 4 is 28.4 Å². The summed E-state index contributed by atoms with van der Waals surface area (Å²) >= 11 is 5.97. The third kappa shape index (κ3) is 2.79. The largest absolute Gasteiger partial charge is 0.508 e. The molecule has 3 aromatic carbocycles. The third-order valence-corrected chi connectivity index (χ3v) is 4.84. The Hall–Kier alpha value is -2.29. The molecule has 2 nitrogen and oxygen atoms in total. The van der Waals surface area contributed by atoms with Gasteiger partial charge in [-0.15, -0.1) is 0 Å². The van der Waals surface area contributed by atoms with Gasteiger partial charge in [-0.1, -0.05) is 60.1 Å². The minimum Gasteiger partial charge on any atom is -0.508 e. The number of hydrogen-bond donors (Lipinski definition) is 2. The fourth-order valence-corrected chi connectivity index (χ4v) is 3.57. The lowest BCUT2D eigenvalue weighted by atomic mass is 9.92. The zero-order chi connectivity index (χ0) is 16.5. The highest BCUT2D eigenvalue weighted by Crippen LogP contribution is 2.39. The van der Waals surface area contributed by atoms with Crippen LogP contribution in [0.3, 0.4) is 0 Å². The molecule has 0 bridgehead atoms. The standard InChI is InChI=1S/C21H18ClNO/c22-17-8-5-14(6-9-17)13-16-11-12-23-21(16)20-18-4-2-1-3-15(18)7-10-19(20)24/h1-10,13,21,23-24H,11-12H2/b16-13+. The highest BCUT2D eigenvalue weighted by molar-refractivity contribution is 6.30. The molecule has 0 aliphatic carbocycles. The second kappa shape index (κ2) is 6.31. The molecular formula is C21H18ClNO. The van der Waals surface area contributed by atoms with E-state index in [4.69, 9.17) is 11.6 Å². The van der Waals surface area contributed by atoms with Crippen molar-refractivity contribution in [3.63, 3.8) is 0 Å². The summed E-state index contributed by atoms with van der Waals surface area (Å²) in [6.45, 7) is 0.909. The van der Waals surface area contributed by atoms with Gasteiger partial charge in [-0.3, -0.25) is 0 Å². The molecule has 0 spiro atoms. The molecule has 1 aliphatic heterocycles. The molecule has 3 aromatic rings. The lowest BCUT2D eigenvalue weighted by Crippen LogP contribution is -2.14. The normalized spacial score (nSPS) is 19.2. The number of benzene rings is 3. The van der Waals surface area contributed by atoms with Crippen LogP contribution in [-0.2, 0) is 0 Å². The average molecular weight is 336 g/mol. The van der Waals surface area contributed by atoms with Crippen LogP contribution in [0.5, 0.6) is 5.75 Å². The molecule has 0 aromatic heterocycles. The molecule has 3 heteroatoms. The number of halogens is 1. The van der Waals surface area contributed by atoms with Crippen molar-refractivity contribution in [2.24, 2.45) is 0 Å². The Kier molecular flexibility index (Phi) is 4.01. The molecule has 24 heavy (non-hydrogen) atoms. The number of fused-ring (bicyclic) bond motifs is 1. The Balaban J connectivity index is 1.81. The molecule has 1 fully saturated rings. The van der Waals surface area contributed by atoms with Gasteiger partial charge in [0.05, 0.1) is 6.04 Å². The van der Waals surface area contributed by atoms with Crippen LogP contribution in [0.15, 0.2) is 66.2 Å². The summed E-state index contributed by atoms with van der Waals surface area (Å²) in [6, 6.07) is 19.8. The highest BCUT2D eigenvalue weighted by atomic mass is 35.5. The zero-order valence-electron chi connectivity index (χ0n) is 13.2. The van der Waals surface area contributed by atoms with E-state index >= 15 is 0 Å². The van der Waals surface area contributed by atoms with Gasteiger partial charge in [0.2, 0.25) is 0 Å². The second-order valence-corrected chi connectivity index (χ2v) is 6.56. The summed E-state index contributed by atoms with van der Waals surface area (Å²) in [6.07, 6.45) is 3.16. The number of phenolic OH excluding ortho intramolecular Hbond substituents is 1. The summed E-state index contributed by atoms with van der Waals surface area (Å²) in [5.74, 6) is 0.343. The maximum Gasteiger partial charge on any atom is 0.121 e. The minimum atomic E-state index is 0.0341. The predicted molar refractivity (Wildman–Crippen MR) is 100 cm³/mol. The van der Waals surface area contributed by atoms with Crippen LogP contribution in [0.25, 0.3) is 16.8 Å². The molecule has 120 valence electrons. The van der Waals surface area contributed by atoms with E-state index < -0.39 is 0 Å². The Labute approximate surface area is 146 Å². The quantitative estimate of drug-likeness (QED) is 0.664. The molecule has 1 unspecified atom stereocenters. The molecule has 0 saturated carbocycles. The summed E-state index contributed by atoms with van der Waals surface area (Å²) in [7, 11) is 0. The predicted octanol–water partition coefficient (Wildman–Crippen LogP) is 5.32. The SMILES string of the molecule is Oc1ccc2ccccc2c1C1NCC/C1=C\c1ccc(Cl)cc1. The summed E-state index contributed by atoms with van der Waals surface area (Å²) in [5, 5.41) is 17.0. The van der Waals surface area contributed by atoms with Crippen molar-refractivity contribution < 1.29 is 5.11 Å². The molecule has 4 rings (SSSR count). The number of rotatable bonds is 2. The van der Waals surface area contributed by atoms with Crippen LogP contribution < -0.4 is 5.32 Å². The van der Waals surface area contributed by atoms with E-state index in [-0.39, 0.29) is 6.04 Å². The first-order valence-corrected chi connectivity index (χ1v) is 8.50. The summed E-state index contributed by atoms with van der Waals surface area (Å²) < 4.78 is 0. The topological polar surface area (TPSA) is 32.3 Å². The van der Waals surface area contributed by atoms with Crippen LogP contribution >= 0.6 is 11.6 Å². The van der Waals surface area contributed by atoms with Gasteiger partial charge in [-0.2, -0.15) is 0 Å². The van der Waals surface area contributed by atoms with E-state index in [1.165, 1.54) is 5.57 Å². The van der Waals surface area contributed by atoms with E-state index in [0.717, 1.165) is 39.9 Å². The van der Waals surface area contributed by atoms with Crippen LogP contribution in [0.2, 0.25) is 5.02 Å². The molecule has 1 heterocycles. The number of nitrogens with one attached hydrogen (secondary N) is 1. The van der Waals surface area contributed by atoms with Crippen LogP contribution in [0.4, 0.5) is 0 Å². The van der Waals surface area contributed by atoms with Crippen molar-refractivity contribution in [1.82, 2.24) is 5.32 Å². The molecule has 1 saturated heterocycles. The minimum absolute atomic E-state index is 0.0341. The van der Waals surface area contributed by atoms with Crippen molar-refractivity contribution in [3.05, 3.63) is 82.4 Å². The van der Waals surface area contributed by atoms with Crippen molar-refractivity contribution in [1.29, 1.82) is 0 Å². The highest BCUT2D eigenvalue weighted by Gasteiger charge is 2.26. The van der Waals surface area contributed by atoms with E-state index in [1.807, 2.05) is 42.5 Å². The average Bonchev–Trinajstić information content (AvgIpc) is 3.04. The van der Waals surface area contributed by atoms with E-state index in [9.17, 15) is 5.11 Å². The Morgan fingerprint density at radius 1 is 1.00 bits per heavy atom. The fraction of sp³-hybridized carbons (Fsp3) is 0.143. The number of phenols is 1. The van der Waals surface area contributed by atoms with Gasteiger partial charge >= 0.3 is 0 Å². The Morgan fingerprint density at radius 3 is 2.62 bits per heavy atom. The lowest BCUT2D eigenvalue weighted by molar-refractivity contribution is 0.463. The summed E-state index contributed by atoms with van der Waals surface area (Å²) in [4.78, 5) is 0. The first-order valence-electron chi connectivity index (χ1n) is 8.12. The molecule has 1 atom stereocenters. The maximum atomic E-state index is 10.5. The first-order chi connectivity index (χ1) is 11.7.